The van der Waals surface area contributed by atoms with Gasteiger partial charge in [-0.3, -0.25) is 9.59 Å². The monoisotopic (exact) mass is 615 g/mol. The van der Waals surface area contributed by atoms with Gasteiger partial charge in [0.2, 0.25) is 14.3 Å². The molecule has 0 unspecified atom stereocenters. The molecule has 3 aromatic rings. The molecule has 3 aliphatic rings. The van der Waals surface area contributed by atoms with Crippen molar-refractivity contribution < 1.29 is 28.3 Å². The van der Waals surface area contributed by atoms with Gasteiger partial charge in [-0.05, 0) is 61.0 Å². The number of rotatable bonds is 8. The molecule has 0 saturated carbocycles. The summed E-state index contributed by atoms with van der Waals surface area (Å²) in [6, 6.07) is 22.8. The van der Waals surface area contributed by atoms with Crippen LogP contribution in [0.1, 0.15) is 42.9 Å². The third kappa shape index (κ3) is 5.04. The minimum Gasteiger partial charge on any atom is -0.497 e. The van der Waals surface area contributed by atoms with Crippen LogP contribution in [0.3, 0.4) is 0 Å². The standard InChI is InChI=1S/C34H38FN3O5Si/c1-22-32(44(3,4)35)30(17-18-39)43-34(22)27-20-26(42-2)13-15-29(27)37(33(34)41)21-23-9-8-12-25(19-23)38-31(40)16-14-28(36-38)24-10-6-5-7-11-24/h5-13,15,19-20,22,30,32,39H,14,16-18,21H2,1-4H3/t22-,30+,32-,34+/m1/s1. The molecule has 1 spiro atoms. The number of nitrogens with zero attached hydrogens (tertiary/aromatic N) is 3. The van der Waals surface area contributed by atoms with Gasteiger partial charge in [0.15, 0.2) is 5.60 Å². The van der Waals surface area contributed by atoms with Crippen molar-refractivity contribution in [2.24, 2.45) is 11.0 Å². The van der Waals surface area contributed by atoms with E-state index in [1.54, 1.807) is 31.2 Å². The van der Waals surface area contributed by atoms with Crippen LogP contribution in [0.15, 0.2) is 77.9 Å². The lowest BCUT2D eigenvalue weighted by Gasteiger charge is -2.31. The Morgan fingerprint density at radius 1 is 1.07 bits per heavy atom. The molecule has 10 heteroatoms. The van der Waals surface area contributed by atoms with Crippen molar-refractivity contribution in [1.29, 1.82) is 0 Å². The lowest BCUT2D eigenvalue weighted by atomic mass is 9.82. The maximum atomic E-state index is 15.8. The number of aliphatic hydroxyl groups is 1. The number of amides is 2. The van der Waals surface area contributed by atoms with Gasteiger partial charge in [0.1, 0.15) is 5.75 Å². The molecule has 3 heterocycles. The van der Waals surface area contributed by atoms with Crippen molar-refractivity contribution in [1.82, 2.24) is 0 Å². The molecule has 44 heavy (non-hydrogen) atoms. The molecule has 3 aliphatic heterocycles. The number of hydrogen-bond acceptors (Lipinski definition) is 6. The van der Waals surface area contributed by atoms with Gasteiger partial charge in [-0.15, -0.1) is 0 Å². The molecule has 230 valence electrons. The summed E-state index contributed by atoms with van der Waals surface area (Å²) < 4.78 is 28.0. The van der Waals surface area contributed by atoms with Crippen LogP contribution in [-0.4, -0.2) is 50.9 Å². The second kappa shape index (κ2) is 11.6. The Morgan fingerprint density at radius 3 is 2.55 bits per heavy atom. The summed E-state index contributed by atoms with van der Waals surface area (Å²) in [5.74, 6) is -0.245. The van der Waals surface area contributed by atoms with Crippen LogP contribution in [0.4, 0.5) is 15.5 Å². The van der Waals surface area contributed by atoms with Gasteiger partial charge in [0, 0.05) is 36.5 Å². The van der Waals surface area contributed by atoms with Crippen molar-refractivity contribution in [2.75, 3.05) is 23.6 Å². The number of benzene rings is 3. The van der Waals surface area contributed by atoms with E-state index in [0.717, 1.165) is 16.8 Å². The van der Waals surface area contributed by atoms with Gasteiger partial charge >= 0.3 is 0 Å². The molecule has 0 aromatic heterocycles. The molecule has 3 aromatic carbocycles. The van der Waals surface area contributed by atoms with Crippen LogP contribution in [0.25, 0.3) is 0 Å². The highest BCUT2D eigenvalue weighted by atomic mass is 28.4. The Labute approximate surface area is 258 Å². The molecular formula is C34H38FN3O5Si. The summed E-state index contributed by atoms with van der Waals surface area (Å²) in [5.41, 5.74) is 2.68. The lowest BCUT2D eigenvalue weighted by Crippen LogP contribution is -2.45. The van der Waals surface area contributed by atoms with Gasteiger partial charge < -0.3 is 23.6 Å². The van der Waals surface area contributed by atoms with Crippen molar-refractivity contribution in [2.45, 2.75) is 63.1 Å². The zero-order valence-electron chi connectivity index (χ0n) is 25.5. The summed E-state index contributed by atoms with van der Waals surface area (Å²) in [7, 11) is -1.74. The number of methoxy groups -OCH3 is 1. The number of hydrazone groups is 1. The van der Waals surface area contributed by atoms with Gasteiger partial charge in [-0.2, -0.15) is 5.10 Å². The predicted octanol–water partition coefficient (Wildman–Crippen LogP) is 5.93. The van der Waals surface area contributed by atoms with E-state index in [2.05, 4.69) is 0 Å². The number of anilines is 2. The zero-order chi connectivity index (χ0) is 31.2. The molecule has 0 bridgehead atoms. The summed E-state index contributed by atoms with van der Waals surface area (Å²) >= 11 is 0. The average molecular weight is 616 g/mol. The fourth-order valence-electron chi connectivity index (χ4n) is 7.27. The fraction of sp³-hybridized carbons (Fsp3) is 0.382. The van der Waals surface area contributed by atoms with E-state index in [4.69, 9.17) is 14.6 Å². The molecule has 6 rings (SSSR count). The van der Waals surface area contributed by atoms with Crippen LogP contribution in [0, 0.1) is 5.92 Å². The van der Waals surface area contributed by atoms with Crippen molar-refractivity contribution in [3.8, 4) is 5.75 Å². The van der Waals surface area contributed by atoms with Crippen LogP contribution in [-0.2, 0) is 26.5 Å². The Hall–Kier alpha value is -3.86. The number of aliphatic hydroxyl groups excluding tert-OH is 1. The quantitative estimate of drug-likeness (QED) is 0.251. The first-order valence-electron chi connectivity index (χ1n) is 15.1. The minimum absolute atomic E-state index is 0.0948. The van der Waals surface area contributed by atoms with E-state index in [-0.39, 0.29) is 31.4 Å². The first kappa shape index (κ1) is 30.2. The normalized spacial score (nSPS) is 25.0. The fourth-order valence-corrected chi connectivity index (χ4v) is 9.81. The highest BCUT2D eigenvalue weighted by molar-refractivity contribution is 6.72. The van der Waals surface area contributed by atoms with E-state index in [9.17, 15) is 14.7 Å². The smallest absolute Gasteiger partial charge is 0.264 e. The Balaban J connectivity index is 1.37. The zero-order valence-corrected chi connectivity index (χ0v) is 26.5. The number of ether oxygens (including phenoxy) is 2. The summed E-state index contributed by atoms with van der Waals surface area (Å²) in [5, 5.41) is 16.0. The predicted molar refractivity (Wildman–Crippen MR) is 170 cm³/mol. The van der Waals surface area contributed by atoms with Gasteiger partial charge in [0.05, 0.1) is 36.8 Å². The van der Waals surface area contributed by atoms with Crippen LogP contribution in [0.2, 0.25) is 18.6 Å². The number of fused-ring (bicyclic) bond motifs is 2. The van der Waals surface area contributed by atoms with Crippen molar-refractivity contribution >= 4 is 37.3 Å². The van der Waals surface area contributed by atoms with Crippen LogP contribution in [0.5, 0.6) is 5.75 Å². The Kier molecular flexibility index (Phi) is 7.94. The average Bonchev–Trinajstić information content (AvgIpc) is 3.44. The lowest BCUT2D eigenvalue weighted by molar-refractivity contribution is -0.146. The largest absolute Gasteiger partial charge is 0.497 e. The van der Waals surface area contributed by atoms with E-state index >= 15 is 4.11 Å². The third-order valence-electron chi connectivity index (χ3n) is 9.22. The first-order chi connectivity index (χ1) is 21.1. The molecular weight excluding hydrogens is 577 g/mol. The summed E-state index contributed by atoms with van der Waals surface area (Å²) in [4.78, 5) is 29.2. The number of carbonyl (C=O) groups excluding carboxylic acids is 2. The second-order valence-electron chi connectivity index (χ2n) is 12.3. The minimum atomic E-state index is -3.30. The number of carbonyl (C=O) groups is 2. The highest BCUT2D eigenvalue weighted by Crippen LogP contribution is 2.60. The maximum Gasteiger partial charge on any atom is 0.264 e. The third-order valence-corrected chi connectivity index (χ3v) is 11.7. The molecule has 2 amide bonds. The summed E-state index contributed by atoms with van der Waals surface area (Å²) in [6.45, 7) is 5.24. The van der Waals surface area contributed by atoms with E-state index in [1.807, 2.05) is 73.7 Å². The van der Waals surface area contributed by atoms with Gasteiger partial charge in [0.25, 0.3) is 5.91 Å². The molecule has 1 fully saturated rings. The molecule has 1 N–H and O–H groups in total. The van der Waals surface area contributed by atoms with Crippen LogP contribution < -0.4 is 14.6 Å². The topological polar surface area (TPSA) is 91.7 Å². The van der Waals surface area contributed by atoms with Crippen molar-refractivity contribution in [3.63, 3.8) is 0 Å². The molecule has 0 aliphatic carbocycles. The number of hydrogen-bond donors (Lipinski definition) is 1. The Morgan fingerprint density at radius 2 is 1.84 bits per heavy atom. The molecule has 8 nitrogen and oxygen atoms in total. The van der Waals surface area contributed by atoms with Gasteiger partial charge in [-0.1, -0.05) is 49.4 Å². The first-order valence-corrected chi connectivity index (χ1v) is 18.1. The molecule has 0 radical (unpaired) electrons. The highest BCUT2D eigenvalue weighted by Gasteiger charge is 2.66. The van der Waals surface area contributed by atoms with E-state index < -0.39 is 31.6 Å². The summed E-state index contributed by atoms with van der Waals surface area (Å²) in [6.07, 6.45) is 0.578. The van der Waals surface area contributed by atoms with Crippen molar-refractivity contribution in [3.05, 3.63) is 89.5 Å². The van der Waals surface area contributed by atoms with E-state index in [1.165, 1.54) is 5.01 Å². The maximum absolute atomic E-state index is 15.8. The van der Waals surface area contributed by atoms with Gasteiger partial charge in [-0.25, -0.2) is 5.01 Å². The molecule has 4 atom stereocenters. The Bertz CT molecular complexity index is 1610. The SMILES string of the molecule is COc1ccc2c(c1)[C@]1(O[C@@H](CCO)[C@H]([Si](C)(C)F)[C@H]1C)C(=O)N2Cc1cccc(N2N=C(c3ccccc3)CCC2=O)c1. The number of halogens is 1. The molecule has 1 saturated heterocycles. The van der Waals surface area contributed by atoms with Crippen LogP contribution >= 0.6 is 0 Å². The second-order valence-corrected chi connectivity index (χ2v) is 16.1. The van der Waals surface area contributed by atoms with E-state index in [0.29, 0.717) is 35.5 Å².